The summed E-state index contributed by atoms with van der Waals surface area (Å²) in [7, 11) is 0. The third-order valence-corrected chi connectivity index (χ3v) is 3.56. The van der Waals surface area contributed by atoms with Crippen LogP contribution in [0.2, 0.25) is 0 Å². The highest BCUT2D eigenvalue weighted by Gasteiger charge is 2.55. The van der Waals surface area contributed by atoms with Crippen molar-refractivity contribution in [2.75, 3.05) is 6.61 Å². The fraction of sp³-hybridized carbons (Fsp3) is 0.500. The maximum absolute atomic E-state index is 10.6. The van der Waals surface area contributed by atoms with Gasteiger partial charge in [-0.05, 0) is 17.7 Å². The molecule has 1 aliphatic rings. The zero-order chi connectivity index (χ0) is 15.8. The molecule has 0 spiro atoms. The van der Waals surface area contributed by atoms with Crippen molar-refractivity contribution in [2.45, 2.75) is 30.2 Å². The highest BCUT2D eigenvalue weighted by atomic mass is 16.6. The van der Waals surface area contributed by atoms with E-state index >= 15 is 0 Å². The topological polar surface area (TPSA) is 154 Å². The lowest BCUT2D eigenvalue weighted by molar-refractivity contribution is -0.384. The van der Waals surface area contributed by atoms with E-state index < -0.39 is 41.7 Å². The molecule has 1 aromatic rings. The Morgan fingerprint density at radius 2 is 1.76 bits per heavy atom. The van der Waals surface area contributed by atoms with Crippen LogP contribution in [0.15, 0.2) is 24.3 Å². The van der Waals surface area contributed by atoms with Crippen molar-refractivity contribution >= 4 is 5.69 Å². The lowest BCUT2D eigenvalue weighted by Gasteiger charge is -2.46. The molecule has 0 amide bonds. The van der Waals surface area contributed by atoms with Crippen LogP contribution in [0.4, 0.5) is 5.69 Å². The molecule has 1 heterocycles. The summed E-state index contributed by atoms with van der Waals surface area (Å²) in [5.41, 5.74) is -2.62. The van der Waals surface area contributed by atoms with Crippen molar-refractivity contribution in [1.29, 1.82) is 0 Å². The molecule has 9 nitrogen and oxygen atoms in total. The number of nitro groups is 1. The summed E-state index contributed by atoms with van der Waals surface area (Å²) in [4.78, 5) is 9.96. The molecule has 0 radical (unpaired) electrons. The van der Waals surface area contributed by atoms with Crippen LogP contribution in [-0.2, 0) is 10.3 Å². The smallest absolute Gasteiger partial charge is 0.269 e. The zero-order valence-corrected chi connectivity index (χ0v) is 10.7. The molecule has 0 aliphatic carbocycles. The molecular formula is C12H15NO8. The number of nitro benzene ring substituents is 1. The summed E-state index contributed by atoms with van der Waals surface area (Å²) < 4.78 is 4.78. The number of aliphatic hydroxyl groups is 5. The Bertz CT molecular complexity index is 520. The number of benzene rings is 1. The Morgan fingerprint density at radius 1 is 1.19 bits per heavy atom. The number of non-ortho nitro benzene ring substituents is 1. The van der Waals surface area contributed by atoms with Crippen LogP contribution in [0.1, 0.15) is 5.56 Å². The highest BCUT2D eigenvalue weighted by Crippen LogP contribution is 2.38. The average molecular weight is 301 g/mol. The van der Waals surface area contributed by atoms with Gasteiger partial charge in [-0.2, -0.15) is 0 Å². The number of nitrogens with zero attached hydrogens (tertiary/aromatic N) is 1. The van der Waals surface area contributed by atoms with Crippen molar-refractivity contribution in [3.63, 3.8) is 0 Å². The standard InChI is InChI=1S/C12H15NO8/c14-5-8-9(15)12(18,10(16)11(17)21-8)6-1-3-7(4-2-6)13(19)20/h1-4,8-11,14-18H,5H2/t8-,9+,10+,11?,12+/m1/s1. The van der Waals surface area contributed by atoms with Gasteiger partial charge in [0.1, 0.15) is 23.9 Å². The molecule has 5 N–H and O–H groups in total. The third-order valence-electron chi connectivity index (χ3n) is 3.56. The van der Waals surface area contributed by atoms with E-state index in [1.165, 1.54) is 0 Å². The van der Waals surface area contributed by atoms with Crippen molar-refractivity contribution < 1.29 is 35.2 Å². The van der Waals surface area contributed by atoms with Gasteiger partial charge in [0.05, 0.1) is 11.5 Å². The summed E-state index contributed by atoms with van der Waals surface area (Å²) in [6.45, 7) is -0.694. The van der Waals surface area contributed by atoms with E-state index in [9.17, 15) is 30.5 Å². The van der Waals surface area contributed by atoms with Gasteiger partial charge in [-0.15, -0.1) is 0 Å². The van der Waals surface area contributed by atoms with Crippen LogP contribution in [0, 0.1) is 10.1 Å². The molecular weight excluding hydrogens is 286 g/mol. The van der Waals surface area contributed by atoms with Crippen LogP contribution in [0.5, 0.6) is 0 Å². The van der Waals surface area contributed by atoms with E-state index in [1.807, 2.05) is 0 Å². The van der Waals surface area contributed by atoms with Crippen molar-refractivity contribution in [3.8, 4) is 0 Å². The van der Waals surface area contributed by atoms with Gasteiger partial charge in [-0.3, -0.25) is 10.1 Å². The molecule has 2 rings (SSSR count). The largest absolute Gasteiger partial charge is 0.394 e. The molecule has 1 fully saturated rings. The van der Waals surface area contributed by atoms with Crippen molar-refractivity contribution in [1.82, 2.24) is 0 Å². The van der Waals surface area contributed by atoms with Crippen LogP contribution in [0.25, 0.3) is 0 Å². The van der Waals surface area contributed by atoms with Crippen molar-refractivity contribution in [3.05, 3.63) is 39.9 Å². The van der Waals surface area contributed by atoms with E-state index in [1.54, 1.807) is 0 Å². The van der Waals surface area contributed by atoms with Crippen molar-refractivity contribution in [2.24, 2.45) is 0 Å². The van der Waals surface area contributed by atoms with Gasteiger partial charge in [0.25, 0.3) is 5.69 Å². The van der Waals surface area contributed by atoms with Crippen LogP contribution < -0.4 is 0 Å². The molecule has 0 saturated carbocycles. The van der Waals surface area contributed by atoms with Gasteiger partial charge in [0, 0.05) is 12.1 Å². The van der Waals surface area contributed by atoms with Gasteiger partial charge in [-0.1, -0.05) is 0 Å². The number of ether oxygens (including phenoxy) is 1. The van der Waals surface area contributed by atoms with E-state index in [-0.39, 0.29) is 11.3 Å². The van der Waals surface area contributed by atoms with E-state index in [2.05, 4.69) is 0 Å². The summed E-state index contributed by atoms with van der Waals surface area (Å²) in [6, 6.07) is 4.47. The number of hydrogen-bond donors (Lipinski definition) is 5. The Hall–Kier alpha value is -1.62. The Balaban J connectivity index is 2.43. The van der Waals surface area contributed by atoms with Gasteiger partial charge in [0.15, 0.2) is 6.29 Å². The summed E-state index contributed by atoms with van der Waals surface area (Å²) in [6.07, 6.45) is -6.77. The zero-order valence-electron chi connectivity index (χ0n) is 10.7. The Morgan fingerprint density at radius 3 is 2.24 bits per heavy atom. The highest BCUT2D eigenvalue weighted by molar-refractivity contribution is 5.37. The first kappa shape index (κ1) is 15.8. The SMILES string of the molecule is O=[N+]([O-])c1ccc([C@@]2(O)[C@@H](O)C(O)O[C@H](CO)[C@@H]2O)cc1. The van der Waals surface area contributed by atoms with Gasteiger partial charge in [-0.25, -0.2) is 0 Å². The molecule has 1 unspecified atom stereocenters. The minimum Gasteiger partial charge on any atom is -0.394 e. The molecule has 0 bridgehead atoms. The first-order valence-corrected chi connectivity index (χ1v) is 6.10. The second kappa shape index (κ2) is 5.64. The molecule has 21 heavy (non-hydrogen) atoms. The lowest BCUT2D eigenvalue weighted by atomic mass is 9.78. The van der Waals surface area contributed by atoms with E-state index in [4.69, 9.17) is 9.84 Å². The first-order valence-electron chi connectivity index (χ1n) is 6.10. The minimum absolute atomic E-state index is 0.0473. The lowest BCUT2D eigenvalue weighted by Crippen LogP contribution is -2.65. The van der Waals surface area contributed by atoms with Crippen LogP contribution in [0.3, 0.4) is 0 Å². The fourth-order valence-electron chi connectivity index (χ4n) is 2.34. The maximum Gasteiger partial charge on any atom is 0.269 e. The Kier molecular flexibility index (Phi) is 4.23. The average Bonchev–Trinajstić information content (AvgIpc) is 2.49. The minimum atomic E-state index is -2.33. The summed E-state index contributed by atoms with van der Waals surface area (Å²) >= 11 is 0. The second-order valence-electron chi connectivity index (χ2n) is 4.77. The number of aliphatic hydroxyl groups excluding tert-OH is 4. The third kappa shape index (κ3) is 2.50. The quantitative estimate of drug-likeness (QED) is 0.324. The normalized spacial score (nSPS) is 36.4. The molecule has 5 atom stereocenters. The first-order chi connectivity index (χ1) is 9.82. The molecule has 116 valence electrons. The molecule has 1 aromatic carbocycles. The summed E-state index contributed by atoms with van der Waals surface area (Å²) in [5, 5.41) is 59.8. The molecule has 1 saturated heterocycles. The monoisotopic (exact) mass is 301 g/mol. The fourth-order valence-corrected chi connectivity index (χ4v) is 2.34. The number of hydrogen-bond acceptors (Lipinski definition) is 8. The predicted molar refractivity (Wildman–Crippen MR) is 67.0 cm³/mol. The molecule has 9 heteroatoms. The van der Waals surface area contributed by atoms with Gasteiger partial charge < -0.3 is 30.3 Å². The van der Waals surface area contributed by atoms with E-state index in [0.717, 1.165) is 24.3 Å². The van der Waals surface area contributed by atoms with Gasteiger partial charge >= 0.3 is 0 Å². The predicted octanol–water partition coefficient (Wildman–Crippen LogP) is -1.79. The van der Waals surface area contributed by atoms with E-state index in [0.29, 0.717) is 0 Å². The maximum atomic E-state index is 10.6. The van der Waals surface area contributed by atoms with Gasteiger partial charge in [0.2, 0.25) is 0 Å². The Labute approximate surface area is 118 Å². The number of rotatable bonds is 3. The van der Waals surface area contributed by atoms with Crippen LogP contribution >= 0.6 is 0 Å². The molecule has 1 aliphatic heterocycles. The summed E-state index contributed by atoms with van der Waals surface area (Å²) in [5.74, 6) is 0. The second-order valence-corrected chi connectivity index (χ2v) is 4.77. The molecule has 0 aromatic heterocycles. The van der Waals surface area contributed by atoms with Crippen LogP contribution in [-0.4, -0.2) is 61.7 Å².